The maximum absolute atomic E-state index is 12.8. The minimum absolute atomic E-state index is 0.0581. The number of rotatable bonds is 7. The molecule has 5 rings (SSSR count). The summed E-state index contributed by atoms with van der Waals surface area (Å²) in [5.41, 5.74) is -1.60. The highest BCUT2D eigenvalue weighted by molar-refractivity contribution is 7.93. The first kappa shape index (κ1) is 25.1. The maximum Gasteiger partial charge on any atom is 0.516 e. The van der Waals surface area contributed by atoms with Crippen LogP contribution in [0.3, 0.4) is 0 Å². The first-order valence-electron chi connectivity index (χ1n) is 11.1. The van der Waals surface area contributed by atoms with E-state index < -0.39 is 21.5 Å². The van der Waals surface area contributed by atoms with Gasteiger partial charge in [0.15, 0.2) is 5.82 Å². The van der Waals surface area contributed by atoms with E-state index in [1.807, 2.05) is 55.5 Å². The van der Waals surface area contributed by atoms with Crippen molar-refractivity contribution in [2.75, 3.05) is 16.7 Å². The molecule has 0 aliphatic carbocycles. The topological polar surface area (TPSA) is 147 Å². The summed E-state index contributed by atoms with van der Waals surface area (Å²) in [5.74, 6) is 0.137. The molecule has 5 aromatic rings. The number of hydrogen-bond donors (Lipinski definition) is 2. The van der Waals surface area contributed by atoms with Gasteiger partial charge in [-0.25, -0.2) is 14.8 Å². The van der Waals surface area contributed by atoms with E-state index in [0.717, 1.165) is 22.4 Å². The molecule has 0 saturated heterocycles. The number of fused-ring (bicyclic) bond motifs is 1. The van der Waals surface area contributed by atoms with Gasteiger partial charge in [0.1, 0.15) is 5.82 Å². The van der Waals surface area contributed by atoms with Gasteiger partial charge in [-0.15, -0.1) is 10.2 Å². The molecule has 0 fully saturated rings. The molecule has 0 unspecified atom stereocenters. The van der Waals surface area contributed by atoms with Gasteiger partial charge in [0, 0.05) is 30.1 Å². The van der Waals surface area contributed by atoms with Crippen molar-refractivity contribution in [2.24, 2.45) is 0 Å². The number of hydrogen-bond acceptors (Lipinski definition) is 9. The van der Waals surface area contributed by atoms with E-state index in [-0.39, 0.29) is 5.78 Å². The molecule has 0 saturated carbocycles. The van der Waals surface area contributed by atoms with Crippen molar-refractivity contribution in [2.45, 2.75) is 18.9 Å². The highest BCUT2D eigenvalue weighted by Gasteiger charge is 2.46. The summed E-state index contributed by atoms with van der Waals surface area (Å²) in [5, 5.41) is 18.0. The van der Waals surface area contributed by atoms with E-state index in [0.29, 0.717) is 23.8 Å². The van der Waals surface area contributed by atoms with E-state index in [1.54, 1.807) is 18.0 Å². The van der Waals surface area contributed by atoms with Crippen LogP contribution in [0.25, 0.3) is 28.3 Å². The van der Waals surface area contributed by atoms with E-state index >= 15 is 0 Å². The van der Waals surface area contributed by atoms with Crippen LogP contribution in [0.2, 0.25) is 0 Å². The van der Waals surface area contributed by atoms with Crippen molar-refractivity contribution in [1.29, 1.82) is 0 Å². The Morgan fingerprint density at radius 3 is 2.39 bits per heavy atom. The van der Waals surface area contributed by atoms with Crippen LogP contribution < -0.4 is 9.62 Å². The molecule has 12 nitrogen and oxygen atoms in total. The lowest BCUT2D eigenvalue weighted by molar-refractivity contribution is -0.0429. The summed E-state index contributed by atoms with van der Waals surface area (Å²) >= 11 is 0. The number of nitrogens with zero attached hydrogens (tertiary/aromatic N) is 8. The van der Waals surface area contributed by atoms with Gasteiger partial charge in [0.25, 0.3) is 11.7 Å². The van der Waals surface area contributed by atoms with Crippen molar-refractivity contribution in [1.82, 2.24) is 40.2 Å². The fraction of sp³-hybridized carbons (Fsp3) is 0.182. The van der Waals surface area contributed by atoms with Gasteiger partial charge < -0.3 is 4.90 Å². The highest BCUT2D eigenvalue weighted by atomic mass is 32.2. The van der Waals surface area contributed by atoms with Crippen LogP contribution in [0.15, 0.2) is 54.6 Å². The van der Waals surface area contributed by atoms with Crippen molar-refractivity contribution in [3.63, 3.8) is 0 Å². The zero-order chi connectivity index (χ0) is 27.1. The molecule has 38 heavy (non-hydrogen) atoms. The van der Waals surface area contributed by atoms with Gasteiger partial charge >= 0.3 is 15.5 Å². The Morgan fingerprint density at radius 1 is 1.05 bits per heavy atom. The zero-order valence-electron chi connectivity index (χ0n) is 19.8. The molecule has 0 spiro atoms. The molecule has 16 heteroatoms. The lowest BCUT2D eigenvalue weighted by atomic mass is 9.99. The smallest absolute Gasteiger partial charge is 0.329 e. The van der Waals surface area contributed by atoms with E-state index in [4.69, 9.17) is 0 Å². The third kappa shape index (κ3) is 4.60. The Kier molecular flexibility index (Phi) is 6.18. The Morgan fingerprint density at radius 2 is 1.76 bits per heavy atom. The quantitative estimate of drug-likeness (QED) is 0.314. The van der Waals surface area contributed by atoms with Crippen LogP contribution in [-0.4, -0.2) is 61.2 Å². The summed E-state index contributed by atoms with van der Waals surface area (Å²) in [6, 6.07) is 16.8. The van der Waals surface area contributed by atoms with Gasteiger partial charge in [-0.2, -0.15) is 31.1 Å². The number of aromatic nitrogens is 8. The van der Waals surface area contributed by atoms with Crippen molar-refractivity contribution in [3.8, 4) is 22.5 Å². The third-order valence-electron chi connectivity index (χ3n) is 5.68. The number of H-pyrrole nitrogens is 1. The minimum Gasteiger partial charge on any atom is -0.329 e. The standard InChI is InChI=1S/C22H19F3N10O2S/c1-3-14-12-18(35-21(26-14)27-20(30-35)31-38(36,37)22(23,24)25)34(2)15-10-8-13(9-11-15)16-6-4-5-7-17(16)19-28-32-33-29-19/h4-12H,3H2,1-2H3,(H,30,31)(H,28,29,32,33). The Balaban J connectivity index is 1.51. The highest BCUT2D eigenvalue weighted by Crippen LogP contribution is 2.32. The summed E-state index contributed by atoms with van der Waals surface area (Å²) in [4.78, 5) is 9.84. The number of tetrazole rings is 1. The van der Waals surface area contributed by atoms with Crippen molar-refractivity contribution in [3.05, 3.63) is 60.3 Å². The second-order valence-electron chi connectivity index (χ2n) is 8.06. The normalized spacial score (nSPS) is 12.1. The van der Waals surface area contributed by atoms with Gasteiger partial charge in [0.2, 0.25) is 0 Å². The molecule has 0 radical (unpaired) electrons. The lowest BCUT2D eigenvalue weighted by Gasteiger charge is -2.21. The predicted octanol–water partition coefficient (Wildman–Crippen LogP) is 3.56. The molecule has 3 heterocycles. The number of alkyl halides is 3. The number of benzene rings is 2. The largest absolute Gasteiger partial charge is 0.516 e. The van der Waals surface area contributed by atoms with Crippen LogP contribution in [0.4, 0.5) is 30.6 Å². The van der Waals surface area contributed by atoms with Crippen molar-refractivity contribution >= 4 is 33.3 Å². The molecule has 3 aromatic heterocycles. The summed E-state index contributed by atoms with van der Waals surface area (Å²) in [7, 11) is -3.96. The second-order valence-corrected chi connectivity index (χ2v) is 9.73. The second kappa shape index (κ2) is 9.37. The van der Waals surface area contributed by atoms with Crippen LogP contribution in [0.5, 0.6) is 0 Å². The first-order chi connectivity index (χ1) is 18.1. The molecule has 0 atom stereocenters. The number of aromatic amines is 1. The average Bonchev–Trinajstić information content (AvgIpc) is 3.57. The summed E-state index contributed by atoms with van der Waals surface area (Å²) in [6.45, 7) is 1.85. The van der Waals surface area contributed by atoms with Crippen LogP contribution in [-0.2, 0) is 16.4 Å². The molecular weight excluding hydrogens is 525 g/mol. The van der Waals surface area contributed by atoms with Crippen LogP contribution in [0, 0.1) is 0 Å². The fourth-order valence-corrected chi connectivity index (χ4v) is 4.20. The summed E-state index contributed by atoms with van der Waals surface area (Å²) < 4.78 is 64.1. The number of nitrogens with one attached hydrogen (secondary N) is 2. The van der Waals surface area contributed by atoms with E-state index in [9.17, 15) is 21.6 Å². The molecular formula is C22H19F3N10O2S. The number of aryl methyl sites for hydroxylation is 1. The van der Waals surface area contributed by atoms with E-state index in [2.05, 4.69) is 35.7 Å². The molecule has 0 aliphatic heterocycles. The minimum atomic E-state index is -5.69. The molecule has 2 aromatic carbocycles. The first-order valence-corrected chi connectivity index (χ1v) is 12.6. The third-order valence-corrected chi connectivity index (χ3v) is 6.74. The predicted molar refractivity (Wildman–Crippen MR) is 132 cm³/mol. The number of anilines is 3. The maximum atomic E-state index is 12.8. The Labute approximate surface area is 213 Å². The molecule has 0 aliphatic rings. The van der Waals surface area contributed by atoms with Gasteiger partial charge in [0.05, 0.1) is 0 Å². The Hall–Kier alpha value is -4.60. The molecule has 0 bridgehead atoms. The zero-order valence-corrected chi connectivity index (χ0v) is 20.7. The fourth-order valence-electron chi connectivity index (χ4n) is 3.75. The molecule has 0 amide bonds. The average molecular weight is 545 g/mol. The van der Waals surface area contributed by atoms with Crippen molar-refractivity contribution < 1.29 is 21.6 Å². The molecule has 196 valence electrons. The van der Waals surface area contributed by atoms with Crippen LogP contribution >= 0.6 is 0 Å². The van der Waals surface area contributed by atoms with Crippen LogP contribution in [0.1, 0.15) is 12.6 Å². The SMILES string of the molecule is CCc1cc(N(C)c2ccc(-c3ccccc3-c3nnn[nH]3)cc2)n2nc(NS(=O)(=O)C(F)(F)F)nc2n1. The summed E-state index contributed by atoms with van der Waals surface area (Å²) in [6.07, 6.45) is 0.500. The molecule has 2 N–H and O–H groups in total. The number of sulfonamides is 1. The van der Waals surface area contributed by atoms with Gasteiger partial charge in [-0.1, -0.05) is 43.3 Å². The Bertz CT molecular complexity index is 1700. The number of halogens is 3. The monoisotopic (exact) mass is 544 g/mol. The lowest BCUT2D eigenvalue weighted by Crippen LogP contribution is -2.30. The van der Waals surface area contributed by atoms with Gasteiger partial charge in [-0.05, 0) is 40.1 Å². The van der Waals surface area contributed by atoms with Gasteiger partial charge in [-0.3, -0.25) is 0 Å². The van der Waals surface area contributed by atoms with E-state index in [1.165, 1.54) is 9.24 Å².